The van der Waals surface area contributed by atoms with Gasteiger partial charge in [-0.1, -0.05) is 19.9 Å². The van der Waals surface area contributed by atoms with Crippen molar-refractivity contribution in [3.8, 4) is 17.2 Å². The molecule has 1 aromatic rings. The molecule has 1 spiro atoms. The summed E-state index contributed by atoms with van der Waals surface area (Å²) >= 11 is 0. The van der Waals surface area contributed by atoms with Crippen LogP contribution in [0.1, 0.15) is 51.3 Å². The second-order valence-corrected chi connectivity index (χ2v) is 9.54. The van der Waals surface area contributed by atoms with Gasteiger partial charge in [0.2, 0.25) is 24.1 Å². The van der Waals surface area contributed by atoms with Gasteiger partial charge in [-0.25, -0.2) is 4.79 Å². The number of carbonyl (C=O) groups is 2. The van der Waals surface area contributed by atoms with E-state index in [2.05, 4.69) is 13.8 Å². The van der Waals surface area contributed by atoms with Gasteiger partial charge in [-0.2, -0.15) is 0 Å². The molecule has 2 heterocycles. The minimum Gasteiger partial charge on any atom is -0.496 e. The highest BCUT2D eigenvalue weighted by molar-refractivity contribution is 6.05. The first kappa shape index (κ1) is 23.3. The fraction of sp³-hybridized carbons (Fsp3) is 0.481. The van der Waals surface area contributed by atoms with E-state index in [1.54, 1.807) is 26.0 Å². The number of methoxy groups -OCH3 is 2. The first-order valence-corrected chi connectivity index (χ1v) is 11.8. The third kappa shape index (κ3) is 3.18. The molecule has 0 bridgehead atoms. The minimum absolute atomic E-state index is 0.0627. The lowest BCUT2D eigenvalue weighted by atomic mass is 9.62. The highest BCUT2D eigenvalue weighted by Gasteiger charge is 2.58. The third-order valence-electron chi connectivity index (χ3n) is 7.80. The summed E-state index contributed by atoms with van der Waals surface area (Å²) in [5.74, 6) is 1.45. The van der Waals surface area contributed by atoms with E-state index < -0.39 is 11.5 Å². The van der Waals surface area contributed by atoms with Crippen molar-refractivity contribution in [3.63, 3.8) is 0 Å². The van der Waals surface area contributed by atoms with Crippen molar-refractivity contribution in [2.75, 3.05) is 27.6 Å². The zero-order valence-electron chi connectivity index (χ0n) is 20.9. The number of esters is 1. The third-order valence-corrected chi connectivity index (χ3v) is 7.80. The van der Waals surface area contributed by atoms with E-state index in [0.29, 0.717) is 35.0 Å². The van der Waals surface area contributed by atoms with E-state index >= 15 is 0 Å². The number of rotatable bonds is 4. The van der Waals surface area contributed by atoms with Crippen molar-refractivity contribution >= 4 is 11.8 Å². The fourth-order valence-electron chi connectivity index (χ4n) is 5.62. The van der Waals surface area contributed by atoms with Crippen molar-refractivity contribution in [2.45, 2.75) is 45.6 Å². The molecule has 0 aromatic heterocycles. The zero-order chi connectivity index (χ0) is 25.1. The van der Waals surface area contributed by atoms with Crippen LogP contribution in [0.25, 0.3) is 0 Å². The molecular weight excluding hydrogens is 452 g/mol. The molecule has 186 valence electrons. The van der Waals surface area contributed by atoms with Crippen molar-refractivity contribution in [1.82, 2.24) is 0 Å². The summed E-state index contributed by atoms with van der Waals surface area (Å²) in [6, 6.07) is 1.88. The Morgan fingerprint density at radius 3 is 2.60 bits per heavy atom. The lowest BCUT2D eigenvalue weighted by Gasteiger charge is -2.42. The Bertz CT molecular complexity index is 1210. The summed E-state index contributed by atoms with van der Waals surface area (Å²) in [6.45, 7) is 7.96. The Kier molecular flexibility index (Phi) is 5.57. The number of hydrogen-bond acceptors (Lipinski definition) is 8. The summed E-state index contributed by atoms with van der Waals surface area (Å²) < 4.78 is 35.4. The standard InChI is InChI=1S/C27H30O8/c1-7-13(2)26(29)35-21-15(4)14(3)8-16-9-18(28)22(30-5)25(31-6)27(16)11-32-24-20(27)17(21)10-19-23(24)34-12-33-19/h7,9-10,14-15,21H,8,11-12H2,1-6H3/b13-7+/t14-,15+,21-,27?/m0/s1. The monoisotopic (exact) mass is 482 g/mol. The second-order valence-electron chi connectivity index (χ2n) is 9.54. The lowest BCUT2D eigenvalue weighted by Crippen LogP contribution is -2.42. The van der Waals surface area contributed by atoms with Crippen LogP contribution < -0.4 is 14.2 Å². The van der Waals surface area contributed by atoms with Gasteiger partial charge < -0.3 is 28.4 Å². The Balaban J connectivity index is 1.83. The molecule has 1 unspecified atom stereocenters. The summed E-state index contributed by atoms with van der Waals surface area (Å²) in [6.07, 6.45) is 3.38. The molecule has 1 aromatic carbocycles. The van der Waals surface area contributed by atoms with Crippen LogP contribution in [-0.2, 0) is 29.2 Å². The number of allylic oxidation sites excluding steroid dienone is 2. The summed E-state index contributed by atoms with van der Waals surface area (Å²) in [5, 5.41) is 0. The van der Waals surface area contributed by atoms with Crippen molar-refractivity contribution in [2.24, 2.45) is 11.8 Å². The smallest absolute Gasteiger partial charge is 0.333 e. The SMILES string of the molecule is C/C=C(\C)C(=O)O[C@@H]1c2cc3c(c4c2C2(CO4)C(=CC(=O)C(OC)=C2OC)C[C@H](C)[C@H]1C)OCO3. The second kappa shape index (κ2) is 8.36. The van der Waals surface area contributed by atoms with Gasteiger partial charge in [0.05, 0.1) is 14.2 Å². The number of benzene rings is 1. The Morgan fingerprint density at radius 1 is 1.14 bits per heavy atom. The molecule has 0 N–H and O–H groups in total. The highest BCUT2D eigenvalue weighted by atomic mass is 16.7. The Labute approximate surface area is 204 Å². The van der Waals surface area contributed by atoms with Crippen LogP contribution >= 0.6 is 0 Å². The maximum Gasteiger partial charge on any atom is 0.333 e. The number of hydrogen-bond donors (Lipinski definition) is 0. The first-order chi connectivity index (χ1) is 16.8. The molecule has 0 saturated heterocycles. The van der Waals surface area contributed by atoms with Crippen LogP contribution in [0.4, 0.5) is 0 Å². The first-order valence-electron chi connectivity index (χ1n) is 11.8. The topological polar surface area (TPSA) is 89.5 Å². The van der Waals surface area contributed by atoms with Gasteiger partial charge in [0.1, 0.15) is 18.1 Å². The maximum absolute atomic E-state index is 13.0. The molecule has 0 saturated carbocycles. The predicted molar refractivity (Wildman–Crippen MR) is 125 cm³/mol. The Hall–Kier alpha value is -3.42. The molecule has 2 aliphatic heterocycles. The van der Waals surface area contributed by atoms with Gasteiger partial charge in [-0.3, -0.25) is 4.79 Å². The summed E-state index contributed by atoms with van der Waals surface area (Å²) in [4.78, 5) is 26.0. The number of ketones is 1. The quantitative estimate of drug-likeness (QED) is 0.464. The zero-order valence-corrected chi connectivity index (χ0v) is 20.9. The summed E-state index contributed by atoms with van der Waals surface area (Å²) in [5.41, 5.74) is 2.00. The normalized spacial score (nSPS) is 28.9. The van der Waals surface area contributed by atoms with E-state index in [1.807, 2.05) is 6.07 Å². The van der Waals surface area contributed by atoms with Crippen LogP contribution in [0.3, 0.4) is 0 Å². The van der Waals surface area contributed by atoms with Gasteiger partial charge in [0, 0.05) is 22.6 Å². The van der Waals surface area contributed by atoms with Gasteiger partial charge in [0.15, 0.2) is 17.3 Å². The van der Waals surface area contributed by atoms with Crippen LogP contribution in [0, 0.1) is 11.8 Å². The van der Waals surface area contributed by atoms with E-state index in [0.717, 1.165) is 16.7 Å². The van der Waals surface area contributed by atoms with E-state index in [-0.39, 0.29) is 42.7 Å². The van der Waals surface area contributed by atoms with Gasteiger partial charge in [0.25, 0.3) is 0 Å². The van der Waals surface area contributed by atoms with Gasteiger partial charge in [-0.15, -0.1) is 0 Å². The van der Waals surface area contributed by atoms with Crippen LogP contribution in [0.5, 0.6) is 17.2 Å². The average molecular weight is 483 g/mol. The van der Waals surface area contributed by atoms with Gasteiger partial charge >= 0.3 is 5.97 Å². The lowest BCUT2D eigenvalue weighted by molar-refractivity contribution is -0.148. The highest BCUT2D eigenvalue weighted by Crippen LogP contribution is 2.62. The van der Waals surface area contributed by atoms with Crippen LogP contribution in [0.15, 0.2) is 40.9 Å². The van der Waals surface area contributed by atoms with Crippen molar-refractivity contribution in [3.05, 3.63) is 52.0 Å². The molecule has 0 amide bonds. The molecule has 4 aliphatic rings. The molecule has 2 aliphatic carbocycles. The molecule has 5 rings (SSSR count). The van der Waals surface area contributed by atoms with Crippen LogP contribution in [0.2, 0.25) is 0 Å². The largest absolute Gasteiger partial charge is 0.496 e. The molecule has 0 fully saturated rings. The molecule has 8 nitrogen and oxygen atoms in total. The van der Waals surface area contributed by atoms with Gasteiger partial charge in [-0.05, 0) is 43.9 Å². The fourth-order valence-corrected chi connectivity index (χ4v) is 5.62. The minimum atomic E-state index is -0.922. The van der Waals surface area contributed by atoms with E-state index in [4.69, 9.17) is 28.4 Å². The number of ether oxygens (including phenoxy) is 6. The predicted octanol–water partition coefficient (Wildman–Crippen LogP) is 4.29. The van der Waals surface area contributed by atoms with E-state index in [9.17, 15) is 9.59 Å². The molecule has 4 atom stereocenters. The Morgan fingerprint density at radius 2 is 1.91 bits per heavy atom. The molecule has 0 radical (unpaired) electrons. The number of carbonyl (C=O) groups excluding carboxylic acids is 2. The maximum atomic E-state index is 13.0. The van der Waals surface area contributed by atoms with Crippen LogP contribution in [-0.4, -0.2) is 39.4 Å². The molecule has 8 heteroatoms. The summed E-state index contributed by atoms with van der Waals surface area (Å²) in [7, 11) is 2.98. The van der Waals surface area contributed by atoms with E-state index in [1.165, 1.54) is 14.2 Å². The van der Waals surface area contributed by atoms with Crippen molar-refractivity contribution < 1.29 is 38.0 Å². The molecular formula is C27H30O8. The number of fused-ring (bicyclic) bond motifs is 2. The molecule has 35 heavy (non-hydrogen) atoms. The van der Waals surface area contributed by atoms with Crippen molar-refractivity contribution in [1.29, 1.82) is 0 Å². The average Bonchev–Trinajstić information content (AvgIpc) is 3.47.